The molecule has 0 amide bonds. The van der Waals surface area contributed by atoms with E-state index < -0.39 is 0 Å². The highest BCUT2D eigenvalue weighted by Crippen LogP contribution is 2.15. The third-order valence-corrected chi connectivity index (χ3v) is 2.65. The van der Waals surface area contributed by atoms with Crippen molar-refractivity contribution in [3.8, 4) is 5.88 Å². The number of hydrogen-bond donors (Lipinski definition) is 1. The number of ether oxygens (including phenoxy) is 1. The van der Waals surface area contributed by atoms with Crippen LogP contribution in [0.2, 0.25) is 0 Å². The third kappa shape index (κ3) is 3.89. The molecule has 0 aliphatic heterocycles. The minimum Gasteiger partial charge on any atom is -0.478 e. The van der Waals surface area contributed by atoms with Gasteiger partial charge < -0.3 is 10.1 Å². The lowest BCUT2D eigenvalue weighted by molar-refractivity contribution is 0.327. The van der Waals surface area contributed by atoms with Crippen molar-refractivity contribution in [2.75, 3.05) is 17.8 Å². The molecule has 1 aromatic rings. The van der Waals surface area contributed by atoms with Gasteiger partial charge in [0.05, 0.1) is 6.61 Å². The summed E-state index contributed by atoms with van der Waals surface area (Å²) in [5.74, 6) is 2.49. The van der Waals surface area contributed by atoms with Crippen LogP contribution in [0.5, 0.6) is 5.88 Å². The zero-order chi connectivity index (χ0) is 12.0. The van der Waals surface area contributed by atoms with Crippen LogP contribution in [-0.4, -0.2) is 23.5 Å². The van der Waals surface area contributed by atoms with Crippen molar-refractivity contribution in [1.82, 2.24) is 4.98 Å². The number of pyridine rings is 1. The van der Waals surface area contributed by atoms with E-state index in [2.05, 4.69) is 24.1 Å². The van der Waals surface area contributed by atoms with Crippen LogP contribution < -0.4 is 10.1 Å². The number of alkyl halides is 1. The van der Waals surface area contributed by atoms with Gasteiger partial charge in [-0.2, -0.15) is 4.98 Å². The van der Waals surface area contributed by atoms with Crippen LogP contribution in [0.1, 0.15) is 20.8 Å². The summed E-state index contributed by atoms with van der Waals surface area (Å²) in [5, 5.41) is 3.30. The van der Waals surface area contributed by atoms with E-state index in [0.717, 1.165) is 5.82 Å². The highest BCUT2D eigenvalue weighted by atomic mass is 35.5. The number of rotatable bonds is 6. The van der Waals surface area contributed by atoms with Crippen LogP contribution in [0.3, 0.4) is 0 Å². The van der Waals surface area contributed by atoms with Crippen LogP contribution in [-0.2, 0) is 0 Å². The summed E-state index contributed by atoms with van der Waals surface area (Å²) in [5.41, 5.74) is 0. The quantitative estimate of drug-likeness (QED) is 0.779. The number of nitrogens with zero attached hydrogens (tertiary/aromatic N) is 1. The van der Waals surface area contributed by atoms with Gasteiger partial charge in [-0.3, -0.25) is 0 Å². The van der Waals surface area contributed by atoms with E-state index >= 15 is 0 Å². The van der Waals surface area contributed by atoms with Crippen LogP contribution >= 0.6 is 11.6 Å². The fraction of sp³-hybridized carbons (Fsp3) is 0.583. The summed E-state index contributed by atoms with van der Waals surface area (Å²) in [6, 6.07) is 5.92. The van der Waals surface area contributed by atoms with Crippen molar-refractivity contribution in [3.05, 3.63) is 18.2 Å². The Bertz CT molecular complexity index is 318. The van der Waals surface area contributed by atoms with Crippen LogP contribution in [0.4, 0.5) is 5.82 Å². The molecule has 0 saturated carbocycles. The van der Waals surface area contributed by atoms with Crippen LogP contribution in [0.15, 0.2) is 18.2 Å². The fourth-order valence-electron chi connectivity index (χ4n) is 1.30. The van der Waals surface area contributed by atoms with Crippen molar-refractivity contribution in [2.24, 2.45) is 5.92 Å². The van der Waals surface area contributed by atoms with E-state index in [9.17, 15) is 0 Å². The first-order valence-electron chi connectivity index (χ1n) is 5.59. The molecule has 0 saturated heterocycles. The van der Waals surface area contributed by atoms with Crippen LogP contribution in [0.25, 0.3) is 0 Å². The molecule has 1 atom stereocenters. The summed E-state index contributed by atoms with van der Waals surface area (Å²) >= 11 is 5.89. The van der Waals surface area contributed by atoms with E-state index in [0.29, 0.717) is 24.3 Å². The maximum Gasteiger partial charge on any atom is 0.215 e. The predicted octanol–water partition coefficient (Wildman–Crippen LogP) is 3.16. The monoisotopic (exact) mass is 242 g/mol. The van der Waals surface area contributed by atoms with Crippen molar-refractivity contribution in [2.45, 2.75) is 26.8 Å². The number of nitrogens with one attached hydrogen (secondary N) is 1. The summed E-state index contributed by atoms with van der Waals surface area (Å²) in [6.07, 6.45) is 0. The smallest absolute Gasteiger partial charge is 0.215 e. The zero-order valence-corrected chi connectivity index (χ0v) is 10.8. The maximum atomic E-state index is 5.89. The lowest BCUT2D eigenvalue weighted by Crippen LogP contribution is -2.27. The van der Waals surface area contributed by atoms with Gasteiger partial charge in [0.1, 0.15) is 5.82 Å². The minimum atomic E-state index is 0.228. The molecule has 16 heavy (non-hydrogen) atoms. The fourth-order valence-corrected chi connectivity index (χ4v) is 1.73. The molecule has 0 spiro atoms. The summed E-state index contributed by atoms with van der Waals surface area (Å²) in [7, 11) is 0. The van der Waals surface area contributed by atoms with Gasteiger partial charge in [-0.05, 0) is 18.9 Å². The summed E-state index contributed by atoms with van der Waals surface area (Å²) in [4.78, 5) is 4.34. The average molecular weight is 243 g/mol. The Morgan fingerprint density at radius 3 is 2.75 bits per heavy atom. The number of halogens is 1. The lowest BCUT2D eigenvalue weighted by Gasteiger charge is -2.20. The Hall–Kier alpha value is -0.960. The molecule has 1 aromatic heterocycles. The molecule has 0 aromatic carbocycles. The molecule has 1 heterocycles. The van der Waals surface area contributed by atoms with Gasteiger partial charge in [0.25, 0.3) is 0 Å². The number of aromatic nitrogens is 1. The molecule has 90 valence electrons. The molecule has 4 heteroatoms. The van der Waals surface area contributed by atoms with Crippen molar-refractivity contribution in [1.29, 1.82) is 0 Å². The highest BCUT2D eigenvalue weighted by molar-refractivity contribution is 6.18. The number of anilines is 1. The SMILES string of the molecule is CCOc1cccc(NC(CCl)C(C)C)n1. The van der Waals surface area contributed by atoms with Gasteiger partial charge in [0.2, 0.25) is 5.88 Å². The normalized spacial score (nSPS) is 12.6. The maximum absolute atomic E-state index is 5.89. The highest BCUT2D eigenvalue weighted by Gasteiger charge is 2.12. The molecule has 1 unspecified atom stereocenters. The topological polar surface area (TPSA) is 34.1 Å². The second-order valence-electron chi connectivity index (χ2n) is 3.94. The second-order valence-corrected chi connectivity index (χ2v) is 4.25. The van der Waals surface area contributed by atoms with E-state index in [1.54, 1.807) is 0 Å². The van der Waals surface area contributed by atoms with Gasteiger partial charge in [0, 0.05) is 18.0 Å². The average Bonchev–Trinajstić information content (AvgIpc) is 2.26. The Balaban J connectivity index is 2.68. The first kappa shape index (κ1) is 13.1. The predicted molar refractivity (Wildman–Crippen MR) is 68.4 cm³/mol. The van der Waals surface area contributed by atoms with Crippen LogP contribution in [0, 0.1) is 5.92 Å². The molecule has 0 fully saturated rings. The summed E-state index contributed by atoms with van der Waals surface area (Å²) < 4.78 is 5.34. The van der Waals surface area contributed by atoms with E-state index in [-0.39, 0.29) is 6.04 Å². The molecular formula is C12H19ClN2O. The lowest BCUT2D eigenvalue weighted by atomic mass is 10.1. The van der Waals surface area contributed by atoms with Crippen molar-refractivity contribution in [3.63, 3.8) is 0 Å². The van der Waals surface area contributed by atoms with Gasteiger partial charge in [0.15, 0.2) is 0 Å². The molecule has 0 bridgehead atoms. The molecule has 1 N–H and O–H groups in total. The summed E-state index contributed by atoms with van der Waals surface area (Å²) in [6.45, 7) is 6.83. The van der Waals surface area contributed by atoms with Gasteiger partial charge in [-0.25, -0.2) is 0 Å². The first-order chi connectivity index (χ1) is 7.67. The Kier molecular flexibility index (Phi) is 5.39. The molecule has 3 nitrogen and oxygen atoms in total. The largest absolute Gasteiger partial charge is 0.478 e. The van der Waals surface area contributed by atoms with E-state index in [1.807, 2.05) is 25.1 Å². The Labute approximate surface area is 102 Å². The van der Waals surface area contributed by atoms with Gasteiger partial charge in [-0.15, -0.1) is 11.6 Å². The van der Waals surface area contributed by atoms with Crippen molar-refractivity contribution < 1.29 is 4.74 Å². The van der Waals surface area contributed by atoms with Gasteiger partial charge in [-0.1, -0.05) is 19.9 Å². The van der Waals surface area contributed by atoms with Gasteiger partial charge >= 0.3 is 0 Å². The third-order valence-electron chi connectivity index (χ3n) is 2.32. The Morgan fingerprint density at radius 1 is 1.44 bits per heavy atom. The molecule has 0 radical (unpaired) electrons. The van der Waals surface area contributed by atoms with Crippen molar-refractivity contribution >= 4 is 17.4 Å². The molecule has 1 rings (SSSR count). The zero-order valence-electron chi connectivity index (χ0n) is 10.0. The second kappa shape index (κ2) is 6.59. The standard InChI is InChI=1S/C12H19ClN2O/c1-4-16-12-7-5-6-11(15-12)14-10(8-13)9(2)3/h5-7,9-10H,4,8H2,1-3H3,(H,14,15). The molecular weight excluding hydrogens is 224 g/mol. The molecule has 0 aliphatic carbocycles. The minimum absolute atomic E-state index is 0.228. The first-order valence-corrected chi connectivity index (χ1v) is 6.13. The Morgan fingerprint density at radius 2 is 2.19 bits per heavy atom. The molecule has 0 aliphatic rings. The van der Waals surface area contributed by atoms with E-state index in [1.165, 1.54) is 0 Å². The number of hydrogen-bond acceptors (Lipinski definition) is 3. The van der Waals surface area contributed by atoms with E-state index in [4.69, 9.17) is 16.3 Å².